The van der Waals surface area contributed by atoms with Gasteiger partial charge in [-0.05, 0) is 30.7 Å². The van der Waals surface area contributed by atoms with Gasteiger partial charge in [-0.25, -0.2) is 4.79 Å². The molecule has 20 heavy (non-hydrogen) atoms. The number of carboxylic acid groups (broad SMARTS) is 1. The molecule has 0 aliphatic rings. The molecule has 5 heteroatoms. The average molecular weight is 279 g/mol. The van der Waals surface area contributed by atoms with E-state index < -0.39 is 5.97 Å². The molecule has 0 saturated carbocycles. The third-order valence-corrected chi connectivity index (χ3v) is 2.54. The second kappa shape index (κ2) is 10.00. The maximum atomic E-state index is 10.7. The zero-order chi connectivity index (χ0) is 14.6. The predicted molar refractivity (Wildman–Crippen MR) is 77.4 cm³/mol. The lowest BCUT2D eigenvalue weighted by Crippen LogP contribution is -2.25. The fourth-order valence-electron chi connectivity index (χ4n) is 1.47. The molecule has 0 fully saturated rings. The number of hydrogen-bond acceptors (Lipinski definition) is 4. The Kier molecular flexibility index (Phi) is 8.10. The zero-order valence-electron chi connectivity index (χ0n) is 11.5. The summed E-state index contributed by atoms with van der Waals surface area (Å²) in [5.41, 5.74) is 0.257. The SMILES string of the molecule is C=CCCOCCNCCOc1ccc(C(=O)O)cc1. The summed E-state index contributed by atoms with van der Waals surface area (Å²) in [4.78, 5) is 10.7. The first-order valence-electron chi connectivity index (χ1n) is 6.59. The fourth-order valence-corrected chi connectivity index (χ4v) is 1.47. The van der Waals surface area contributed by atoms with Gasteiger partial charge < -0.3 is 19.9 Å². The van der Waals surface area contributed by atoms with Crippen LogP contribution in [0, 0.1) is 0 Å². The molecule has 0 aromatic heterocycles. The van der Waals surface area contributed by atoms with Crippen LogP contribution in [0.1, 0.15) is 16.8 Å². The van der Waals surface area contributed by atoms with Crippen molar-refractivity contribution in [3.63, 3.8) is 0 Å². The molecule has 0 aliphatic carbocycles. The molecule has 1 aromatic carbocycles. The Balaban J connectivity index is 2.03. The Hall–Kier alpha value is -1.85. The lowest BCUT2D eigenvalue weighted by Gasteiger charge is -2.08. The van der Waals surface area contributed by atoms with Crippen LogP contribution in [0.2, 0.25) is 0 Å². The van der Waals surface area contributed by atoms with Crippen molar-refractivity contribution in [3.8, 4) is 5.75 Å². The zero-order valence-corrected chi connectivity index (χ0v) is 11.5. The van der Waals surface area contributed by atoms with Crippen LogP contribution in [0.5, 0.6) is 5.75 Å². The second-order valence-corrected chi connectivity index (χ2v) is 4.12. The standard InChI is InChI=1S/C15H21NO4/c1-2-3-10-19-11-8-16-9-12-20-14-6-4-13(5-7-14)15(17)18/h2,4-7,16H,1,3,8-12H2,(H,17,18). The molecule has 0 saturated heterocycles. The van der Waals surface area contributed by atoms with Crippen LogP contribution in [0.25, 0.3) is 0 Å². The minimum atomic E-state index is -0.935. The third-order valence-electron chi connectivity index (χ3n) is 2.54. The minimum absolute atomic E-state index is 0.257. The summed E-state index contributed by atoms with van der Waals surface area (Å²) in [7, 11) is 0. The number of aromatic carboxylic acids is 1. The van der Waals surface area contributed by atoms with Crippen LogP contribution in [-0.2, 0) is 4.74 Å². The number of carboxylic acids is 1. The topological polar surface area (TPSA) is 67.8 Å². The Morgan fingerprint density at radius 2 is 1.90 bits per heavy atom. The Bertz CT molecular complexity index is 403. The molecule has 0 atom stereocenters. The summed E-state index contributed by atoms with van der Waals surface area (Å²) in [5, 5.41) is 12.0. The van der Waals surface area contributed by atoms with Crippen LogP contribution >= 0.6 is 0 Å². The van der Waals surface area contributed by atoms with Crippen molar-refractivity contribution >= 4 is 5.97 Å². The molecule has 1 rings (SSSR count). The first-order chi connectivity index (χ1) is 9.74. The van der Waals surface area contributed by atoms with E-state index in [2.05, 4.69) is 11.9 Å². The highest BCUT2D eigenvalue weighted by Crippen LogP contribution is 2.11. The Labute approximate surface area is 119 Å². The van der Waals surface area contributed by atoms with Gasteiger partial charge in [-0.1, -0.05) is 6.08 Å². The molecule has 5 nitrogen and oxygen atoms in total. The highest BCUT2D eigenvalue weighted by Gasteiger charge is 2.01. The van der Waals surface area contributed by atoms with Crippen molar-refractivity contribution in [2.24, 2.45) is 0 Å². The van der Waals surface area contributed by atoms with Gasteiger partial charge in [-0.2, -0.15) is 0 Å². The highest BCUT2D eigenvalue weighted by atomic mass is 16.5. The average Bonchev–Trinajstić information content (AvgIpc) is 2.46. The molecule has 0 spiro atoms. The lowest BCUT2D eigenvalue weighted by molar-refractivity contribution is 0.0697. The van der Waals surface area contributed by atoms with E-state index in [1.807, 2.05) is 6.08 Å². The van der Waals surface area contributed by atoms with Gasteiger partial charge in [0.05, 0.1) is 18.8 Å². The van der Waals surface area contributed by atoms with E-state index in [9.17, 15) is 4.79 Å². The van der Waals surface area contributed by atoms with Crippen molar-refractivity contribution in [1.29, 1.82) is 0 Å². The number of rotatable bonds is 11. The maximum Gasteiger partial charge on any atom is 0.335 e. The molecule has 1 aromatic rings. The van der Waals surface area contributed by atoms with E-state index in [1.54, 1.807) is 12.1 Å². The molecular weight excluding hydrogens is 258 g/mol. The van der Waals surface area contributed by atoms with Gasteiger partial charge in [-0.15, -0.1) is 6.58 Å². The highest BCUT2D eigenvalue weighted by molar-refractivity contribution is 5.87. The molecule has 0 aliphatic heterocycles. The first-order valence-corrected chi connectivity index (χ1v) is 6.59. The van der Waals surface area contributed by atoms with E-state index in [4.69, 9.17) is 14.6 Å². The number of carbonyl (C=O) groups is 1. The second-order valence-electron chi connectivity index (χ2n) is 4.12. The molecule has 0 bridgehead atoms. The Morgan fingerprint density at radius 1 is 1.20 bits per heavy atom. The van der Waals surface area contributed by atoms with E-state index in [-0.39, 0.29) is 5.56 Å². The smallest absolute Gasteiger partial charge is 0.335 e. The summed E-state index contributed by atoms with van der Waals surface area (Å²) in [6.45, 7) is 7.01. The largest absolute Gasteiger partial charge is 0.492 e. The monoisotopic (exact) mass is 279 g/mol. The van der Waals surface area contributed by atoms with Gasteiger partial charge >= 0.3 is 5.97 Å². The first kappa shape index (κ1) is 16.2. The van der Waals surface area contributed by atoms with Crippen molar-refractivity contribution < 1.29 is 19.4 Å². The molecule has 2 N–H and O–H groups in total. The summed E-state index contributed by atoms with van der Waals surface area (Å²) in [6, 6.07) is 6.36. The summed E-state index contributed by atoms with van der Waals surface area (Å²) in [6.07, 6.45) is 2.70. The van der Waals surface area contributed by atoms with Gasteiger partial charge in [0.15, 0.2) is 0 Å². The van der Waals surface area contributed by atoms with Crippen LogP contribution < -0.4 is 10.1 Å². The van der Waals surface area contributed by atoms with Crippen molar-refractivity contribution in [2.75, 3.05) is 32.9 Å². The van der Waals surface area contributed by atoms with Gasteiger partial charge in [0.2, 0.25) is 0 Å². The Morgan fingerprint density at radius 3 is 2.55 bits per heavy atom. The number of nitrogens with one attached hydrogen (secondary N) is 1. The minimum Gasteiger partial charge on any atom is -0.492 e. The molecule has 0 heterocycles. The predicted octanol–water partition coefficient (Wildman–Crippen LogP) is 1.95. The number of hydrogen-bond donors (Lipinski definition) is 2. The van der Waals surface area contributed by atoms with Gasteiger partial charge in [0.1, 0.15) is 12.4 Å². The van der Waals surface area contributed by atoms with Gasteiger partial charge in [0.25, 0.3) is 0 Å². The summed E-state index contributed by atoms with van der Waals surface area (Å²) in [5.74, 6) is -0.270. The molecular formula is C15H21NO4. The number of benzene rings is 1. The van der Waals surface area contributed by atoms with Crippen molar-refractivity contribution in [3.05, 3.63) is 42.5 Å². The lowest BCUT2D eigenvalue weighted by atomic mass is 10.2. The summed E-state index contributed by atoms with van der Waals surface area (Å²) >= 11 is 0. The van der Waals surface area contributed by atoms with Gasteiger partial charge in [-0.3, -0.25) is 0 Å². The molecule has 0 amide bonds. The molecule has 0 radical (unpaired) electrons. The van der Waals surface area contributed by atoms with Gasteiger partial charge in [0, 0.05) is 13.1 Å². The van der Waals surface area contributed by atoms with E-state index in [1.165, 1.54) is 12.1 Å². The normalized spacial score (nSPS) is 10.2. The maximum absolute atomic E-state index is 10.7. The van der Waals surface area contributed by atoms with E-state index in [0.29, 0.717) is 32.1 Å². The summed E-state index contributed by atoms with van der Waals surface area (Å²) < 4.78 is 10.8. The van der Waals surface area contributed by atoms with Crippen LogP contribution in [-0.4, -0.2) is 44.0 Å². The quantitative estimate of drug-likeness (QED) is 0.478. The number of ether oxygens (including phenoxy) is 2. The van der Waals surface area contributed by atoms with E-state index >= 15 is 0 Å². The van der Waals surface area contributed by atoms with Crippen LogP contribution in [0.15, 0.2) is 36.9 Å². The van der Waals surface area contributed by atoms with Crippen molar-refractivity contribution in [2.45, 2.75) is 6.42 Å². The van der Waals surface area contributed by atoms with Crippen molar-refractivity contribution in [1.82, 2.24) is 5.32 Å². The molecule has 110 valence electrons. The van der Waals surface area contributed by atoms with Crippen LogP contribution in [0.3, 0.4) is 0 Å². The third kappa shape index (κ3) is 6.92. The molecule has 0 unspecified atom stereocenters. The fraction of sp³-hybridized carbons (Fsp3) is 0.400. The van der Waals surface area contributed by atoms with Crippen LogP contribution in [0.4, 0.5) is 0 Å². The van der Waals surface area contributed by atoms with E-state index in [0.717, 1.165) is 13.0 Å².